The molecule has 1 amide bonds. The molecular formula is C9H10ClIN2O. The molecule has 3 N–H and O–H groups in total. The van der Waals surface area contributed by atoms with Gasteiger partial charge in [0.2, 0.25) is 0 Å². The van der Waals surface area contributed by atoms with E-state index in [-0.39, 0.29) is 5.91 Å². The van der Waals surface area contributed by atoms with E-state index in [1.54, 1.807) is 12.1 Å². The van der Waals surface area contributed by atoms with E-state index in [0.717, 1.165) is 3.57 Å². The molecule has 0 aliphatic rings. The molecule has 0 heterocycles. The van der Waals surface area contributed by atoms with Crippen LogP contribution in [0.1, 0.15) is 10.4 Å². The quantitative estimate of drug-likeness (QED) is 0.831. The average Bonchev–Trinajstić information content (AvgIpc) is 2.14. The zero-order chi connectivity index (χ0) is 10.6. The number of rotatable bonds is 3. The fraction of sp³-hybridized carbons (Fsp3) is 0.222. The minimum Gasteiger partial charge on any atom is -0.351 e. The maximum atomic E-state index is 11.5. The number of benzene rings is 1. The van der Waals surface area contributed by atoms with Gasteiger partial charge < -0.3 is 11.1 Å². The van der Waals surface area contributed by atoms with Crippen molar-refractivity contribution < 1.29 is 4.79 Å². The van der Waals surface area contributed by atoms with Crippen LogP contribution in [0.5, 0.6) is 0 Å². The lowest BCUT2D eigenvalue weighted by Crippen LogP contribution is -2.29. The molecule has 0 saturated heterocycles. The molecule has 0 fully saturated rings. The summed E-state index contributed by atoms with van der Waals surface area (Å²) in [4.78, 5) is 11.5. The Bertz CT molecular complexity index is 344. The molecule has 0 spiro atoms. The first-order chi connectivity index (χ1) is 6.65. The lowest BCUT2D eigenvalue weighted by atomic mass is 10.2. The van der Waals surface area contributed by atoms with Gasteiger partial charge in [-0.2, -0.15) is 0 Å². The molecular weight excluding hydrogens is 314 g/mol. The van der Waals surface area contributed by atoms with Crippen LogP contribution in [0.15, 0.2) is 18.2 Å². The van der Waals surface area contributed by atoms with Gasteiger partial charge >= 0.3 is 0 Å². The number of nitrogens with two attached hydrogens (primary N) is 1. The number of hydrogen-bond donors (Lipinski definition) is 2. The van der Waals surface area contributed by atoms with E-state index in [4.69, 9.17) is 17.3 Å². The second-order valence-electron chi connectivity index (χ2n) is 2.67. The van der Waals surface area contributed by atoms with Gasteiger partial charge in [-0.05, 0) is 40.8 Å². The summed E-state index contributed by atoms with van der Waals surface area (Å²) in [5, 5.41) is 3.12. The smallest absolute Gasteiger partial charge is 0.252 e. The van der Waals surface area contributed by atoms with E-state index in [0.29, 0.717) is 23.7 Å². The molecule has 0 radical (unpaired) electrons. The Kier molecular flexibility index (Phi) is 4.64. The highest BCUT2D eigenvalue weighted by Crippen LogP contribution is 2.18. The molecule has 0 atom stereocenters. The van der Waals surface area contributed by atoms with Gasteiger partial charge in [-0.25, -0.2) is 0 Å². The Balaban J connectivity index is 2.80. The number of nitrogens with one attached hydrogen (secondary N) is 1. The fourth-order valence-electron chi connectivity index (χ4n) is 0.955. The van der Waals surface area contributed by atoms with E-state index >= 15 is 0 Å². The zero-order valence-electron chi connectivity index (χ0n) is 7.39. The Morgan fingerprint density at radius 3 is 2.86 bits per heavy atom. The predicted molar refractivity (Wildman–Crippen MR) is 65.6 cm³/mol. The normalized spacial score (nSPS) is 9.93. The molecule has 0 aliphatic carbocycles. The number of amides is 1. The SMILES string of the molecule is NCCNC(=O)c1ccc(I)cc1Cl. The highest BCUT2D eigenvalue weighted by atomic mass is 127. The van der Waals surface area contributed by atoms with Crippen LogP contribution in [0.4, 0.5) is 0 Å². The predicted octanol–water partition coefficient (Wildman–Crippen LogP) is 1.63. The third-order valence-electron chi connectivity index (χ3n) is 1.61. The number of hydrogen-bond acceptors (Lipinski definition) is 2. The van der Waals surface area contributed by atoms with Gasteiger partial charge in [-0.1, -0.05) is 11.6 Å². The standard InChI is InChI=1S/C9H10ClIN2O/c10-8-5-6(11)1-2-7(8)9(14)13-4-3-12/h1-2,5H,3-4,12H2,(H,13,14). The second-order valence-corrected chi connectivity index (χ2v) is 4.32. The van der Waals surface area contributed by atoms with Gasteiger partial charge in [0.05, 0.1) is 10.6 Å². The summed E-state index contributed by atoms with van der Waals surface area (Å²) in [5.41, 5.74) is 5.75. The molecule has 0 saturated carbocycles. The molecule has 76 valence electrons. The Hall–Kier alpha value is -0.330. The third-order valence-corrected chi connectivity index (χ3v) is 2.59. The van der Waals surface area contributed by atoms with Crippen molar-refractivity contribution in [1.82, 2.24) is 5.32 Å². The number of carbonyl (C=O) groups excluding carboxylic acids is 1. The topological polar surface area (TPSA) is 55.1 Å². The lowest BCUT2D eigenvalue weighted by molar-refractivity contribution is 0.0955. The number of halogens is 2. The van der Waals surface area contributed by atoms with E-state index in [2.05, 4.69) is 27.9 Å². The average molecular weight is 325 g/mol. The summed E-state index contributed by atoms with van der Waals surface area (Å²) in [6.45, 7) is 0.884. The van der Waals surface area contributed by atoms with Crippen molar-refractivity contribution in [2.75, 3.05) is 13.1 Å². The summed E-state index contributed by atoms with van der Waals surface area (Å²) in [6, 6.07) is 5.29. The Labute approximate surface area is 101 Å². The third kappa shape index (κ3) is 3.11. The molecule has 1 aromatic carbocycles. The van der Waals surface area contributed by atoms with E-state index in [1.165, 1.54) is 0 Å². The van der Waals surface area contributed by atoms with Crippen molar-refractivity contribution in [2.24, 2.45) is 5.73 Å². The van der Waals surface area contributed by atoms with Crippen LogP contribution in [-0.4, -0.2) is 19.0 Å². The molecule has 14 heavy (non-hydrogen) atoms. The largest absolute Gasteiger partial charge is 0.351 e. The summed E-state index contributed by atoms with van der Waals surface area (Å²) in [5.74, 6) is -0.183. The molecule has 0 bridgehead atoms. The molecule has 5 heteroatoms. The van der Waals surface area contributed by atoms with Gasteiger partial charge in [-0.3, -0.25) is 4.79 Å². The van der Waals surface area contributed by atoms with Crippen molar-refractivity contribution in [2.45, 2.75) is 0 Å². The van der Waals surface area contributed by atoms with Gasteiger partial charge in [0.15, 0.2) is 0 Å². The van der Waals surface area contributed by atoms with Crippen LogP contribution in [-0.2, 0) is 0 Å². The molecule has 0 aromatic heterocycles. The maximum Gasteiger partial charge on any atom is 0.252 e. The van der Waals surface area contributed by atoms with Gasteiger partial charge in [-0.15, -0.1) is 0 Å². The van der Waals surface area contributed by atoms with Crippen molar-refractivity contribution in [3.8, 4) is 0 Å². The van der Waals surface area contributed by atoms with Crippen molar-refractivity contribution >= 4 is 40.1 Å². The Morgan fingerprint density at radius 1 is 1.57 bits per heavy atom. The fourth-order valence-corrected chi connectivity index (χ4v) is 1.90. The van der Waals surface area contributed by atoms with Crippen LogP contribution in [0.25, 0.3) is 0 Å². The minimum absolute atomic E-state index is 0.183. The van der Waals surface area contributed by atoms with Crippen LogP contribution >= 0.6 is 34.2 Å². The highest BCUT2D eigenvalue weighted by molar-refractivity contribution is 14.1. The summed E-state index contributed by atoms with van der Waals surface area (Å²) < 4.78 is 1.00. The first kappa shape index (κ1) is 11.7. The van der Waals surface area contributed by atoms with Gasteiger partial charge in [0, 0.05) is 16.7 Å². The Morgan fingerprint density at radius 2 is 2.29 bits per heavy atom. The monoisotopic (exact) mass is 324 g/mol. The van der Waals surface area contributed by atoms with Crippen LogP contribution in [0, 0.1) is 3.57 Å². The van der Waals surface area contributed by atoms with E-state index in [9.17, 15) is 4.79 Å². The summed E-state index contributed by atoms with van der Waals surface area (Å²) in [7, 11) is 0. The second kappa shape index (κ2) is 5.53. The highest BCUT2D eigenvalue weighted by Gasteiger charge is 2.08. The molecule has 0 aliphatic heterocycles. The van der Waals surface area contributed by atoms with Crippen LogP contribution in [0.3, 0.4) is 0 Å². The first-order valence-corrected chi connectivity index (χ1v) is 5.54. The van der Waals surface area contributed by atoms with Gasteiger partial charge in [0.1, 0.15) is 0 Å². The summed E-state index contributed by atoms with van der Waals surface area (Å²) >= 11 is 8.04. The van der Waals surface area contributed by atoms with Gasteiger partial charge in [0.25, 0.3) is 5.91 Å². The lowest BCUT2D eigenvalue weighted by Gasteiger charge is -2.05. The summed E-state index contributed by atoms with van der Waals surface area (Å²) in [6.07, 6.45) is 0. The first-order valence-electron chi connectivity index (χ1n) is 4.08. The van der Waals surface area contributed by atoms with E-state index in [1.807, 2.05) is 6.07 Å². The van der Waals surface area contributed by atoms with Crippen molar-refractivity contribution in [1.29, 1.82) is 0 Å². The maximum absolute atomic E-state index is 11.5. The van der Waals surface area contributed by atoms with Crippen molar-refractivity contribution in [3.05, 3.63) is 32.4 Å². The van der Waals surface area contributed by atoms with E-state index < -0.39 is 0 Å². The number of carbonyl (C=O) groups is 1. The molecule has 1 rings (SSSR count). The van der Waals surface area contributed by atoms with Crippen molar-refractivity contribution in [3.63, 3.8) is 0 Å². The molecule has 0 unspecified atom stereocenters. The minimum atomic E-state index is -0.183. The van der Waals surface area contributed by atoms with Crippen LogP contribution < -0.4 is 11.1 Å². The molecule has 1 aromatic rings. The zero-order valence-corrected chi connectivity index (χ0v) is 10.3. The van der Waals surface area contributed by atoms with Crippen LogP contribution in [0.2, 0.25) is 5.02 Å². The molecule has 3 nitrogen and oxygen atoms in total.